The van der Waals surface area contributed by atoms with E-state index >= 15 is 9.59 Å². The van der Waals surface area contributed by atoms with E-state index in [-0.39, 0.29) is 58.6 Å². The molecule has 4 aromatic rings. The summed E-state index contributed by atoms with van der Waals surface area (Å²) in [7, 11) is 5.55. The van der Waals surface area contributed by atoms with Gasteiger partial charge in [-0.25, -0.2) is 4.90 Å². The first kappa shape index (κ1) is 38.7. The molecule has 1 saturated heterocycles. The second-order valence-electron chi connectivity index (χ2n) is 15.3. The van der Waals surface area contributed by atoms with Crippen LogP contribution in [0.1, 0.15) is 35.4 Å². The van der Waals surface area contributed by atoms with Gasteiger partial charge in [-0.1, -0.05) is 72.3 Å². The summed E-state index contributed by atoms with van der Waals surface area (Å²) in [6.07, 6.45) is 3.19. The van der Waals surface area contributed by atoms with E-state index in [2.05, 4.69) is 0 Å². The summed E-state index contributed by atoms with van der Waals surface area (Å²) in [6.45, 7) is 0. The first-order chi connectivity index (χ1) is 28.3. The molecule has 300 valence electrons. The molecule has 0 unspecified atom stereocenters. The second-order valence-corrected chi connectivity index (χ2v) is 15.3. The Morgan fingerprint density at radius 3 is 1.93 bits per heavy atom. The number of ketones is 2. The number of nitrogens with zero attached hydrogens (tertiary/aromatic N) is 4. The molecule has 0 spiro atoms. The topological polar surface area (TPSA) is 200 Å². The van der Waals surface area contributed by atoms with Crippen molar-refractivity contribution in [3.8, 4) is 17.2 Å². The summed E-state index contributed by atoms with van der Waals surface area (Å²) >= 11 is 0. The molecule has 1 N–H and O–H groups in total. The molecule has 59 heavy (non-hydrogen) atoms. The van der Waals surface area contributed by atoms with Gasteiger partial charge in [0.2, 0.25) is 17.6 Å². The highest BCUT2D eigenvalue weighted by atomic mass is 16.6. The van der Waals surface area contributed by atoms with Gasteiger partial charge in [0.1, 0.15) is 0 Å². The molecular weight excluding hydrogens is 761 g/mol. The highest BCUT2D eigenvalue weighted by Crippen LogP contribution is 2.64. The molecule has 0 bridgehead atoms. The number of ether oxygens (including phenoxy) is 2. The van der Waals surface area contributed by atoms with Gasteiger partial charge < -0.3 is 19.5 Å². The lowest BCUT2D eigenvalue weighted by atomic mass is 9.44. The normalized spacial score (nSPS) is 24.7. The standard InChI is InChI=1S/C44H38N4O11/c1-45(2)39-32(47(54)55)19-26(20-33(39)48(56)57)46-42(52)28-16-15-27-30(37(28)43(46)53)21-31-40(50)29(23-11-7-5-8-12-23)22-36(49)44(31,25-13-9-6-10-14-25)38(27)24-17-34(58-3)41(51)35(18-24)59-4/h5-15,17-20,22,28,30-31,37-38,51H,16,21H2,1-4H3/t28-,30+,31-,37-,38-,44-/m0/s1. The number of hydrogen-bond donors (Lipinski definition) is 1. The third-order valence-electron chi connectivity index (χ3n) is 12.4. The Morgan fingerprint density at radius 2 is 1.39 bits per heavy atom. The van der Waals surface area contributed by atoms with E-state index in [1.165, 1.54) is 39.3 Å². The quantitative estimate of drug-likeness (QED) is 0.0857. The van der Waals surface area contributed by atoms with Crippen molar-refractivity contribution < 1.29 is 43.6 Å². The number of aromatic hydroxyl groups is 1. The van der Waals surface area contributed by atoms with Gasteiger partial charge in [-0.15, -0.1) is 0 Å². The van der Waals surface area contributed by atoms with E-state index in [1.807, 2.05) is 6.08 Å². The molecule has 4 aliphatic rings. The zero-order valence-corrected chi connectivity index (χ0v) is 32.4. The molecule has 3 aliphatic carbocycles. The van der Waals surface area contributed by atoms with Crippen LogP contribution >= 0.6 is 0 Å². The van der Waals surface area contributed by atoms with Crippen molar-refractivity contribution in [2.24, 2.45) is 23.7 Å². The first-order valence-electron chi connectivity index (χ1n) is 18.8. The minimum Gasteiger partial charge on any atom is -0.502 e. The van der Waals surface area contributed by atoms with E-state index in [0.717, 1.165) is 17.0 Å². The molecule has 2 fully saturated rings. The lowest BCUT2D eigenvalue weighted by molar-refractivity contribution is -0.392. The number of phenolic OH excluding ortho intramolecular Hbond substituents is 1. The van der Waals surface area contributed by atoms with Crippen molar-refractivity contribution in [1.82, 2.24) is 0 Å². The smallest absolute Gasteiger partial charge is 0.301 e. The number of nitro groups is 2. The van der Waals surface area contributed by atoms with Crippen molar-refractivity contribution in [2.75, 3.05) is 38.1 Å². The number of allylic oxidation sites excluding steroid dienone is 4. The van der Waals surface area contributed by atoms with Crippen molar-refractivity contribution in [3.63, 3.8) is 0 Å². The Balaban J connectivity index is 1.36. The van der Waals surface area contributed by atoms with Crippen molar-refractivity contribution >= 4 is 51.7 Å². The Morgan fingerprint density at radius 1 is 0.814 bits per heavy atom. The van der Waals surface area contributed by atoms with E-state index in [0.29, 0.717) is 22.3 Å². The minimum absolute atomic E-state index is 0.0170. The molecule has 15 nitrogen and oxygen atoms in total. The molecule has 2 amide bonds. The average molecular weight is 799 g/mol. The van der Waals surface area contributed by atoms with Crippen LogP contribution in [0.4, 0.5) is 22.7 Å². The SMILES string of the molecule is COc1cc([C@H]2C3=CC[C@@H]4C(=O)N(c5cc([N+](=O)[O-])c(N(C)C)c([N+](=O)[O-])c5)C(=O)[C@@H]4[C@@H]3C[C@H]3C(=O)C(c4ccccc4)=CC(=O)[C@@]23c2ccccc2)cc(OC)c1O. The number of rotatable bonds is 9. The fraction of sp³-hybridized carbons (Fsp3) is 0.273. The summed E-state index contributed by atoms with van der Waals surface area (Å²) < 4.78 is 11.1. The molecule has 6 atom stereocenters. The van der Waals surface area contributed by atoms with Crippen LogP contribution in [0.3, 0.4) is 0 Å². The van der Waals surface area contributed by atoms with Crippen LogP contribution in [0.25, 0.3) is 5.57 Å². The maximum absolute atomic E-state index is 15.3. The third kappa shape index (κ3) is 5.70. The number of nitro benzene ring substituents is 2. The van der Waals surface area contributed by atoms with Crippen LogP contribution in [0.15, 0.2) is 103 Å². The van der Waals surface area contributed by atoms with Gasteiger partial charge in [0.05, 0.1) is 47.0 Å². The number of carbonyl (C=O) groups excluding carboxylic acids is 4. The van der Waals surface area contributed by atoms with Crippen molar-refractivity contribution in [2.45, 2.75) is 24.2 Å². The predicted octanol–water partition coefficient (Wildman–Crippen LogP) is 6.32. The Hall–Kier alpha value is -7.16. The second kappa shape index (κ2) is 14.3. The summed E-state index contributed by atoms with van der Waals surface area (Å²) in [5.41, 5.74) is -1.24. The minimum atomic E-state index is -1.59. The van der Waals surface area contributed by atoms with Crippen molar-refractivity contribution in [3.05, 3.63) is 140 Å². The molecule has 1 saturated carbocycles. The number of fused-ring (bicyclic) bond motifs is 4. The lowest BCUT2D eigenvalue weighted by Gasteiger charge is -2.55. The molecular formula is C44H38N4O11. The van der Waals surface area contributed by atoms with Crippen LogP contribution in [-0.4, -0.2) is 66.6 Å². The molecule has 4 aromatic carbocycles. The lowest BCUT2D eigenvalue weighted by Crippen LogP contribution is -2.58. The number of imide groups is 1. The molecule has 8 rings (SSSR count). The molecule has 1 heterocycles. The number of amides is 2. The van der Waals surface area contributed by atoms with Crippen LogP contribution in [0.5, 0.6) is 17.2 Å². The van der Waals surface area contributed by atoms with E-state index < -0.39 is 68.0 Å². The van der Waals surface area contributed by atoms with Gasteiger partial charge >= 0.3 is 11.4 Å². The number of phenols is 1. The number of methoxy groups -OCH3 is 2. The first-order valence-corrected chi connectivity index (χ1v) is 18.8. The molecule has 1 aliphatic heterocycles. The number of hydrogen-bond acceptors (Lipinski definition) is 12. The fourth-order valence-corrected chi connectivity index (χ4v) is 10.0. The average Bonchev–Trinajstić information content (AvgIpc) is 3.49. The Labute approximate surface area is 337 Å². The van der Waals surface area contributed by atoms with Crippen LogP contribution < -0.4 is 19.3 Å². The van der Waals surface area contributed by atoms with E-state index in [1.54, 1.807) is 72.8 Å². The molecule has 15 heteroatoms. The number of Topliss-reactive ketones (excluding diaryl/α,β-unsaturated/α-hetero) is 1. The van der Waals surface area contributed by atoms with Gasteiger partial charge in [-0.2, -0.15) is 0 Å². The summed E-state index contributed by atoms with van der Waals surface area (Å²) in [4.78, 5) is 84.9. The van der Waals surface area contributed by atoms with Crippen LogP contribution in [0, 0.1) is 43.9 Å². The zero-order valence-electron chi connectivity index (χ0n) is 32.4. The number of anilines is 2. The zero-order chi connectivity index (χ0) is 42.1. The maximum atomic E-state index is 15.3. The number of carbonyl (C=O) groups is 4. The summed E-state index contributed by atoms with van der Waals surface area (Å²) in [5, 5.41) is 35.6. The van der Waals surface area contributed by atoms with Gasteiger partial charge in [0.15, 0.2) is 28.8 Å². The maximum Gasteiger partial charge on any atom is 0.301 e. The van der Waals surface area contributed by atoms with Crippen LogP contribution in [-0.2, 0) is 24.6 Å². The highest BCUT2D eigenvalue weighted by molar-refractivity contribution is 6.32. The Bertz CT molecular complexity index is 2490. The van der Waals surface area contributed by atoms with Gasteiger partial charge in [0, 0.05) is 43.6 Å². The highest BCUT2D eigenvalue weighted by Gasteiger charge is 2.66. The van der Waals surface area contributed by atoms with Crippen molar-refractivity contribution in [1.29, 1.82) is 0 Å². The summed E-state index contributed by atoms with van der Waals surface area (Å²) in [6, 6.07) is 22.8. The number of benzene rings is 4. The molecule has 0 radical (unpaired) electrons. The van der Waals surface area contributed by atoms with Gasteiger partial charge in [-0.3, -0.25) is 39.4 Å². The Kier molecular flexibility index (Phi) is 9.41. The summed E-state index contributed by atoms with van der Waals surface area (Å²) in [5.74, 6) is -7.35. The van der Waals surface area contributed by atoms with Gasteiger partial charge in [-0.05, 0) is 53.7 Å². The van der Waals surface area contributed by atoms with E-state index in [4.69, 9.17) is 9.47 Å². The molecule has 0 aromatic heterocycles. The third-order valence-corrected chi connectivity index (χ3v) is 12.4. The predicted molar refractivity (Wildman–Crippen MR) is 214 cm³/mol. The fourth-order valence-electron chi connectivity index (χ4n) is 10.0. The van der Waals surface area contributed by atoms with Crippen LogP contribution in [0.2, 0.25) is 0 Å². The monoisotopic (exact) mass is 798 g/mol. The largest absolute Gasteiger partial charge is 0.502 e. The van der Waals surface area contributed by atoms with E-state index in [9.17, 15) is 34.9 Å². The van der Waals surface area contributed by atoms with Gasteiger partial charge in [0.25, 0.3) is 0 Å².